The Morgan fingerprint density at radius 2 is 2.33 bits per heavy atom. The molecular weight excluding hydrogens is 74.9 g/mol. The second-order valence-corrected chi connectivity index (χ2v) is 1.13. The number of hydrogen-bond acceptors (Lipinski definition) is 1. The molecule has 0 amide bonds. The molecule has 0 aliphatic carbocycles. The van der Waals surface area contributed by atoms with Crippen molar-refractivity contribution in [2.24, 2.45) is 0 Å². The summed E-state index contributed by atoms with van der Waals surface area (Å²) in [6.07, 6.45) is 1.69. The van der Waals surface area contributed by atoms with Crippen molar-refractivity contribution in [3.8, 4) is 0 Å². The van der Waals surface area contributed by atoms with Gasteiger partial charge in [-0.2, -0.15) is 0 Å². The molecule has 1 nitrogen and oxygen atoms in total. The van der Waals surface area contributed by atoms with E-state index in [-0.39, 0.29) is 0 Å². The van der Waals surface area contributed by atoms with Crippen LogP contribution in [0.5, 0.6) is 0 Å². The summed E-state index contributed by atoms with van der Waals surface area (Å²) in [5, 5.41) is 8.53. The van der Waals surface area contributed by atoms with Gasteiger partial charge in [0.1, 0.15) is 0 Å². The van der Waals surface area contributed by atoms with Crippen molar-refractivity contribution in [2.75, 3.05) is 0 Å². The molecule has 0 aliphatic heterocycles. The zero-order chi connectivity index (χ0) is 4.99. The summed E-state index contributed by atoms with van der Waals surface area (Å²) in [4.78, 5) is 0. The normalized spacial score (nSPS) is 11.3. The molecule has 6 heavy (non-hydrogen) atoms. The Bertz CT molecular complexity index is 58.6. The van der Waals surface area contributed by atoms with Crippen molar-refractivity contribution >= 4 is 7.28 Å². The minimum Gasteiger partial charge on any atom is -0.523 e. The van der Waals surface area contributed by atoms with Crippen molar-refractivity contribution in [1.82, 2.24) is 0 Å². The monoisotopic (exact) mass is 84.1 g/mol. The number of aliphatic hydroxyl groups excluding tert-OH is 1. The molecule has 34 valence electrons. The average Bonchev–Trinajstić information content (AvgIpc) is 1.65. The zero-order valence-electron chi connectivity index (χ0n) is 4.23. The van der Waals surface area contributed by atoms with E-state index in [4.69, 9.17) is 5.11 Å². The minimum absolute atomic E-state index is 0.468. The third kappa shape index (κ3) is 1.88. The maximum Gasteiger partial charge on any atom is 0.200 e. The topological polar surface area (TPSA) is 20.2 Å². The van der Waals surface area contributed by atoms with E-state index in [1.54, 1.807) is 6.08 Å². The molecule has 0 atom stereocenters. The maximum absolute atomic E-state index is 8.53. The SMILES string of the molecule is CB/C(O)=C/C. The molecule has 1 N–H and O–H groups in total. The van der Waals surface area contributed by atoms with Crippen molar-refractivity contribution in [3.63, 3.8) is 0 Å². The molecule has 0 aromatic rings. The third-order valence-electron chi connectivity index (χ3n) is 0.695. The largest absolute Gasteiger partial charge is 0.523 e. The molecule has 0 rings (SSSR count). The number of allylic oxidation sites excluding steroid dienone is 1. The van der Waals surface area contributed by atoms with Gasteiger partial charge in [-0.1, -0.05) is 12.9 Å². The van der Waals surface area contributed by atoms with Crippen LogP contribution in [-0.2, 0) is 0 Å². The highest BCUT2D eigenvalue weighted by atomic mass is 16.3. The highest BCUT2D eigenvalue weighted by Gasteiger charge is 1.80. The van der Waals surface area contributed by atoms with Gasteiger partial charge in [0.2, 0.25) is 0 Å². The fourth-order valence-corrected chi connectivity index (χ4v) is 0.204. The van der Waals surface area contributed by atoms with E-state index in [0.29, 0.717) is 5.66 Å². The van der Waals surface area contributed by atoms with Gasteiger partial charge in [0, 0.05) is 5.66 Å². The van der Waals surface area contributed by atoms with Crippen molar-refractivity contribution in [3.05, 3.63) is 11.7 Å². The molecule has 0 saturated heterocycles. The van der Waals surface area contributed by atoms with Crippen molar-refractivity contribution in [2.45, 2.75) is 13.7 Å². The lowest BCUT2D eigenvalue weighted by molar-refractivity contribution is 0.449. The summed E-state index contributed by atoms with van der Waals surface area (Å²) in [5.41, 5.74) is 0.468. The van der Waals surface area contributed by atoms with Crippen LogP contribution in [0.4, 0.5) is 0 Å². The first-order valence-electron chi connectivity index (χ1n) is 2.15. The quantitative estimate of drug-likeness (QED) is 0.369. The van der Waals surface area contributed by atoms with Crippen LogP contribution in [0.2, 0.25) is 6.82 Å². The number of rotatable bonds is 1. The molecular formula is C4H9BO. The van der Waals surface area contributed by atoms with E-state index >= 15 is 0 Å². The van der Waals surface area contributed by atoms with Crippen LogP contribution >= 0.6 is 0 Å². The van der Waals surface area contributed by atoms with Gasteiger partial charge in [0.15, 0.2) is 7.28 Å². The Morgan fingerprint density at radius 3 is 2.33 bits per heavy atom. The third-order valence-corrected chi connectivity index (χ3v) is 0.695. The van der Waals surface area contributed by atoms with E-state index in [9.17, 15) is 0 Å². The molecule has 0 aliphatic rings. The van der Waals surface area contributed by atoms with Crippen LogP contribution in [0.15, 0.2) is 11.7 Å². The van der Waals surface area contributed by atoms with Crippen LogP contribution in [-0.4, -0.2) is 12.4 Å². The standard InChI is InChI=1S/C4H9BO/c1-3-4(6)5-2/h3,5-6H,1-2H3/b4-3-. The van der Waals surface area contributed by atoms with Gasteiger partial charge in [-0.3, -0.25) is 0 Å². The van der Waals surface area contributed by atoms with Crippen LogP contribution in [0.3, 0.4) is 0 Å². The van der Waals surface area contributed by atoms with Gasteiger partial charge < -0.3 is 5.11 Å². The highest BCUT2D eigenvalue weighted by molar-refractivity contribution is 6.42. The first-order valence-corrected chi connectivity index (χ1v) is 2.15. The highest BCUT2D eigenvalue weighted by Crippen LogP contribution is 1.79. The first kappa shape index (κ1) is 5.60. The van der Waals surface area contributed by atoms with Crippen molar-refractivity contribution < 1.29 is 5.11 Å². The second-order valence-electron chi connectivity index (χ2n) is 1.13. The second kappa shape index (κ2) is 2.82. The van der Waals surface area contributed by atoms with Crippen molar-refractivity contribution in [1.29, 1.82) is 0 Å². The van der Waals surface area contributed by atoms with Gasteiger partial charge in [-0.25, -0.2) is 0 Å². The first-order chi connectivity index (χ1) is 2.81. The Kier molecular flexibility index (Phi) is 2.64. The number of hydrogen-bond donors (Lipinski definition) is 1. The molecule has 0 radical (unpaired) electrons. The predicted molar refractivity (Wildman–Crippen MR) is 29.4 cm³/mol. The fraction of sp³-hybridized carbons (Fsp3) is 0.500. The van der Waals surface area contributed by atoms with Gasteiger partial charge in [0.25, 0.3) is 0 Å². The summed E-state index contributed by atoms with van der Waals surface area (Å²) in [7, 11) is 0.747. The van der Waals surface area contributed by atoms with E-state index in [1.165, 1.54) is 0 Å². The van der Waals surface area contributed by atoms with E-state index in [2.05, 4.69) is 0 Å². The average molecular weight is 83.9 g/mol. The molecule has 2 heteroatoms. The van der Waals surface area contributed by atoms with Gasteiger partial charge in [0.05, 0.1) is 0 Å². The predicted octanol–water partition coefficient (Wildman–Crippen LogP) is 0.890. The van der Waals surface area contributed by atoms with E-state index in [0.717, 1.165) is 7.28 Å². The molecule has 0 aromatic heterocycles. The molecule has 0 spiro atoms. The molecule has 0 fully saturated rings. The summed E-state index contributed by atoms with van der Waals surface area (Å²) in [6, 6.07) is 0. The fourth-order valence-electron chi connectivity index (χ4n) is 0.204. The summed E-state index contributed by atoms with van der Waals surface area (Å²) < 4.78 is 0. The Balaban J connectivity index is 3.22. The van der Waals surface area contributed by atoms with Gasteiger partial charge in [-0.15, -0.1) is 0 Å². The Morgan fingerprint density at radius 1 is 1.83 bits per heavy atom. The van der Waals surface area contributed by atoms with Gasteiger partial charge >= 0.3 is 0 Å². The van der Waals surface area contributed by atoms with Crippen LogP contribution in [0.1, 0.15) is 6.92 Å². The lowest BCUT2D eigenvalue weighted by Gasteiger charge is -1.83. The molecule has 0 saturated carbocycles. The molecule has 0 heterocycles. The number of aliphatic hydroxyl groups is 1. The molecule has 0 bridgehead atoms. The minimum atomic E-state index is 0.468. The smallest absolute Gasteiger partial charge is 0.200 e. The lowest BCUT2D eigenvalue weighted by atomic mass is 9.80. The van der Waals surface area contributed by atoms with Gasteiger partial charge in [-0.05, 0) is 6.92 Å². The molecule has 0 unspecified atom stereocenters. The van der Waals surface area contributed by atoms with Crippen LogP contribution in [0, 0.1) is 0 Å². The summed E-state index contributed by atoms with van der Waals surface area (Å²) >= 11 is 0. The van der Waals surface area contributed by atoms with E-state index in [1.807, 2.05) is 13.7 Å². The van der Waals surface area contributed by atoms with Crippen LogP contribution < -0.4 is 0 Å². The lowest BCUT2D eigenvalue weighted by Crippen LogP contribution is -1.84. The molecule has 0 aromatic carbocycles. The summed E-state index contributed by atoms with van der Waals surface area (Å²) in [6.45, 7) is 3.73. The van der Waals surface area contributed by atoms with Crippen LogP contribution in [0.25, 0.3) is 0 Å². The Labute approximate surface area is 38.9 Å². The van der Waals surface area contributed by atoms with E-state index < -0.39 is 0 Å². The Hall–Kier alpha value is -0.395. The summed E-state index contributed by atoms with van der Waals surface area (Å²) in [5.74, 6) is 0. The maximum atomic E-state index is 8.53. The zero-order valence-corrected chi connectivity index (χ0v) is 4.23.